The second kappa shape index (κ2) is 9.93. The zero-order valence-electron chi connectivity index (χ0n) is 16.9. The second-order valence-corrected chi connectivity index (χ2v) is 6.32. The Kier molecular flexibility index (Phi) is 6.85. The Morgan fingerprint density at radius 3 is 1.58 bits per heavy atom. The summed E-state index contributed by atoms with van der Waals surface area (Å²) in [6, 6.07) is 17.7. The van der Waals surface area contributed by atoms with Gasteiger partial charge < -0.3 is 18.9 Å². The maximum absolute atomic E-state index is 12.4. The van der Waals surface area contributed by atoms with Crippen LogP contribution in [0.4, 0.5) is 0 Å². The Bertz CT molecular complexity index is 1100. The van der Waals surface area contributed by atoms with Crippen molar-refractivity contribution in [3.05, 3.63) is 109 Å². The Labute approximate surface area is 179 Å². The third kappa shape index (κ3) is 5.61. The molecule has 0 radical (unpaired) electrons. The van der Waals surface area contributed by atoms with Crippen molar-refractivity contribution in [3.8, 4) is 23.0 Å². The molecular weight excluding hydrogens is 396 g/mol. The van der Waals surface area contributed by atoms with Gasteiger partial charge in [0, 0.05) is 0 Å². The van der Waals surface area contributed by atoms with E-state index in [1.54, 1.807) is 73.7 Å². The lowest BCUT2D eigenvalue weighted by Crippen LogP contribution is -2.10. The number of rotatable bonds is 8. The van der Waals surface area contributed by atoms with Crippen molar-refractivity contribution in [3.63, 3.8) is 0 Å². The fourth-order valence-electron chi connectivity index (χ4n) is 2.66. The van der Waals surface area contributed by atoms with E-state index in [9.17, 15) is 9.59 Å². The number of aryl methyl sites for hydroxylation is 1. The van der Waals surface area contributed by atoms with Gasteiger partial charge in [0.15, 0.2) is 0 Å². The SMILES string of the molecule is C=COc1ccc(C(=O)Oc2ccc(OC(=O)c3ccc(OC=C)cc3)c(C)c2)cc1. The molecule has 0 atom stereocenters. The van der Waals surface area contributed by atoms with Gasteiger partial charge in [-0.2, -0.15) is 0 Å². The van der Waals surface area contributed by atoms with Crippen molar-refractivity contribution in [2.45, 2.75) is 6.92 Å². The van der Waals surface area contributed by atoms with E-state index in [2.05, 4.69) is 13.2 Å². The number of hydrogen-bond acceptors (Lipinski definition) is 6. The first kappa shape index (κ1) is 21.4. The molecule has 0 aromatic heterocycles. The molecule has 0 N–H and O–H groups in total. The lowest BCUT2D eigenvalue weighted by Gasteiger charge is -2.10. The molecule has 6 nitrogen and oxygen atoms in total. The van der Waals surface area contributed by atoms with Gasteiger partial charge in [-0.25, -0.2) is 9.59 Å². The first-order chi connectivity index (χ1) is 15.0. The monoisotopic (exact) mass is 416 g/mol. The average Bonchev–Trinajstić information content (AvgIpc) is 2.77. The Hall–Kier alpha value is -4.32. The van der Waals surface area contributed by atoms with Gasteiger partial charge >= 0.3 is 11.9 Å². The highest BCUT2D eigenvalue weighted by Gasteiger charge is 2.13. The third-order valence-corrected chi connectivity index (χ3v) is 4.18. The van der Waals surface area contributed by atoms with Crippen LogP contribution in [0.25, 0.3) is 0 Å². The Balaban J connectivity index is 1.65. The zero-order chi connectivity index (χ0) is 22.2. The molecule has 0 saturated heterocycles. The number of esters is 2. The van der Waals surface area contributed by atoms with Gasteiger partial charge in [-0.15, -0.1) is 0 Å². The minimum atomic E-state index is -0.517. The van der Waals surface area contributed by atoms with Gasteiger partial charge in [-0.3, -0.25) is 0 Å². The molecule has 0 heterocycles. The minimum Gasteiger partial charge on any atom is -0.466 e. The summed E-state index contributed by atoms with van der Waals surface area (Å²) < 4.78 is 21.1. The van der Waals surface area contributed by atoms with Gasteiger partial charge in [0.2, 0.25) is 0 Å². The largest absolute Gasteiger partial charge is 0.466 e. The van der Waals surface area contributed by atoms with E-state index in [-0.39, 0.29) is 0 Å². The summed E-state index contributed by atoms with van der Waals surface area (Å²) in [5.74, 6) is 0.797. The molecule has 3 aromatic rings. The Morgan fingerprint density at radius 1 is 0.677 bits per heavy atom. The van der Waals surface area contributed by atoms with Gasteiger partial charge in [0.05, 0.1) is 23.7 Å². The number of benzene rings is 3. The highest BCUT2D eigenvalue weighted by Crippen LogP contribution is 2.25. The van der Waals surface area contributed by atoms with Crippen LogP contribution in [0, 0.1) is 6.92 Å². The summed E-state index contributed by atoms with van der Waals surface area (Å²) in [5, 5.41) is 0. The van der Waals surface area contributed by atoms with Crippen LogP contribution in [0.2, 0.25) is 0 Å². The maximum atomic E-state index is 12.4. The normalized spacial score (nSPS) is 9.97. The van der Waals surface area contributed by atoms with Gasteiger partial charge in [-0.1, -0.05) is 13.2 Å². The summed E-state index contributed by atoms with van der Waals surface area (Å²) >= 11 is 0. The van der Waals surface area contributed by atoms with Crippen LogP contribution in [-0.4, -0.2) is 11.9 Å². The van der Waals surface area contributed by atoms with E-state index in [0.717, 1.165) is 0 Å². The summed E-state index contributed by atoms with van der Waals surface area (Å²) in [4.78, 5) is 24.7. The van der Waals surface area contributed by atoms with Gasteiger partial charge in [-0.05, 0) is 79.2 Å². The maximum Gasteiger partial charge on any atom is 0.343 e. The van der Waals surface area contributed by atoms with Crippen LogP contribution < -0.4 is 18.9 Å². The molecule has 156 valence electrons. The van der Waals surface area contributed by atoms with Crippen LogP contribution >= 0.6 is 0 Å². The first-order valence-corrected chi connectivity index (χ1v) is 9.30. The lowest BCUT2D eigenvalue weighted by atomic mass is 10.2. The molecule has 0 aliphatic rings. The molecule has 0 fully saturated rings. The molecule has 3 aromatic carbocycles. The van der Waals surface area contributed by atoms with Crippen molar-refractivity contribution in [2.24, 2.45) is 0 Å². The molecule has 0 unspecified atom stereocenters. The molecule has 0 saturated carbocycles. The summed E-state index contributed by atoms with van der Waals surface area (Å²) in [5.41, 5.74) is 1.38. The van der Waals surface area contributed by atoms with E-state index >= 15 is 0 Å². The number of ether oxygens (including phenoxy) is 4. The van der Waals surface area contributed by atoms with Crippen LogP contribution in [0.3, 0.4) is 0 Å². The van der Waals surface area contributed by atoms with Crippen LogP contribution in [0.1, 0.15) is 26.3 Å². The minimum absolute atomic E-state index is 0.333. The van der Waals surface area contributed by atoms with Crippen molar-refractivity contribution in [1.29, 1.82) is 0 Å². The second-order valence-electron chi connectivity index (χ2n) is 6.32. The van der Waals surface area contributed by atoms with E-state index in [4.69, 9.17) is 18.9 Å². The molecule has 0 aliphatic heterocycles. The van der Waals surface area contributed by atoms with Crippen molar-refractivity contribution < 1.29 is 28.5 Å². The standard InChI is InChI=1S/C25H20O6/c1-4-28-20-10-6-18(7-11-20)24(26)30-22-14-15-23(17(3)16-22)31-25(27)19-8-12-21(13-9-19)29-5-2/h4-16H,1-2H2,3H3. The highest BCUT2D eigenvalue weighted by molar-refractivity contribution is 5.92. The molecule has 3 rings (SSSR count). The molecule has 0 aliphatic carbocycles. The number of hydrogen-bond donors (Lipinski definition) is 0. The quantitative estimate of drug-likeness (QED) is 0.275. The van der Waals surface area contributed by atoms with Crippen molar-refractivity contribution in [1.82, 2.24) is 0 Å². The fourth-order valence-corrected chi connectivity index (χ4v) is 2.66. The molecule has 0 amide bonds. The smallest absolute Gasteiger partial charge is 0.343 e. The number of carbonyl (C=O) groups excluding carboxylic acids is 2. The molecule has 0 bridgehead atoms. The molecule has 0 spiro atoms. The highest BCUT2D eigenvalue weighted by atomic mass is 16.5. The number of carbonyl (C=O) groups is 2. The summed E-state index contributed by atoms with van der Waals surface area (Å²) in [6.45, 7) is 8.71. The van der Waals surface area contributed by atoms with E-state index in [1.807, 2.05) is 0 Å². The first-order valence-electron chi connectivity index (χ1n) is 9.30. The fraction of sp³-hybridized carbons (Fsp3) is 0.0400. The lowest BCUT2D eigenvalue weighted by molar-refractivity contribution is 0.0718. The van der Waals surface area contributed by atoms with Crippen LogP contribution in [0.5, 0.6) is 23.0 Å². The van der Waals surface area contributed by atoms with Crippen LogP contribution in [-0.2, 0) is 0 Å². The van der Waals surface area contributed by atoms with Crippen molar-refractivity contribution in [2.75, 3.05) is 0 Å². The average molecular weight is 416 g/mol. The topological polar surface area (TPSA) is 71.1 Å². The molecule has 6 heteroatoms. The van der Waals surface area contributed by atoms with E-state index in [0.29, 0.717) is 39.7 Å². The van der Waals surface area contributed by atoms with E-state index in [1.165, 1.54) is 12.5 Å². The molecular formula is C25H20O6. The summed E-state index contributed by atoms with van der Waals surface area (Å²) in [7, 11) is 0. The van der Waals surface area contributed by atoms with Gasteiger partial charge in [0.1, 0.15) is 23.0 Å². The third-order valence-electron chi connectivity index (χ3n) is 4.18. The Morgan fingerprint density at radius 2 is 1.13 bits per heavy atom. The predicted octanol–water partition coefficient (Wildman–Crippen LogP) is 5.48. The zero-order valence-corrected chi connectivity index (χ0v) is 16.9. The predicted molar refractivity (Wildman–Crippen MR) is 116 cm³/mol. The molecule has 31 heavy (non-hydrogen) atoms. The van der Waals surface area contributed by atoms with E-state index < -0.39 is 11.9 Å². The van der Waals surface area contributed by atoms with Gasteiger partial charge in [0.25, 0.3) is 0 Å². The summed E-state index contributed by atoms with van der Waals surface area (Å²) in [6.07, 6.45) is 2.61. The van der Waals surface area contributed by atoms with Crippen molar-refractivity contribution >= 4 is 11.9 Å². The van der Waals surface area contributed by atoms with Crippen LogP contribution in [0.15, 0.2) is 92.4 Å².